The molecule has 1 saturated heterocycles. The molecule has 162 valence electrons. The van der Waals surface area contributed by atoms with E-state index in [2.05, 4.69) is 26.3 Å². The van der Waals surface area contributed by atoms with Crippen molar-refractivity contribution in [3.8, 4) is 6.07 Å². The number of pyridine rings is 1. The highest BCUT2D eigenvalue weighted by atomic mass is 16.3. The zero-order valence-electron chi connectivity index (χ0n) is 17.9. The topological polar surface area (TPSA) is 155 Å². The lowest BCUT2D eigenvalue weighted by molar-refractivity contribution is 0.0351. The van der Waals surface area contributed by atoms with Gasteiger partial charge in [-0.3, -0.25) is 0 Å². The van der Waals surface area contributed by atoms with Gasteiger partial charge in [0, 0.05) is 26.3 Å². The Hall–Kier alpha value is -3.58. The number of hydrogen-bond acceptors (Lipinski definition) is 9. The van der Waals surface area contributed by atoms with Crippen LogP contribution in [0.1, 0.15) is 44.0 Å². The number of fused-ring (bicyclic) bond motifs is 1. The number of aromatic nitrogens is 4. The second-order valence-corrected chi connectivity index (χ2v) is 8.38. The lowest BCUT2D eigenvalue weighted by Gasteiger charge is -2.38. The minimum absolute atomic E-state index is 0.00356. The van der Waals surface area contributed by atoms with Gasteiger partial charge in [0.25, 0.3) is 0 Å². The molecule has 1 aliphatic heterocycles. The van der Waals surface area contributed by atoms with Gasteiger partial charge in [0.15, 0.2) is 5.82 Å². The highest BCUT2D eigenvalue weighted by molar-refractivity contribution is 5.81. The summed E-state index contributed by atoms with van der Waals surface area (Å²) in [5.41, 5.74) is 14.8. The lowest BCUT2D eigenvalue weighted by atomic mass is 9.93. The number of aliphatic hydroxyl groups is 1. The first-order valence-electron chi connectivity index (χ1n) is 10.2. The van der Waals surface area contributed by atoms with Crippen LogP contribution in [0.25, 0.3) is 11.0 Å². The second kappa shape index (κ2) is 7.59. The van der Waals surface area contributed by atoms with Gasteiger partial charge in [-0.05, 0) is 38.8 Å². The van der Waals surface area contributed by atoms with Crippen LogP contribution >= 0.6 is 0 Å². The van der Waals surface area contributed by atoms with Gasteiger partial charge in [-0.25, -0.2) is 4.98 Å². The molecule has 10 nitrogen and oxygen atoms in total. The molecule has 0 bridgehead atoms. The van der Waals surface area contributed by atoms with Gasteiger partial charge in [-0.2, -0.15) is 15.2 Å². The lowest BCUT2D eigenvalue weighted by Crippen LogP contribution is -2.43. The highest BCUT2D eigenvalue weighted by Crippen LogP contribution is 2.34. The molecule has 1 atom stereocenters. The van der Waals surface area contributed by atoms with E-state index in [0.717, 1.165) is 35.5 Å². The number of nitriles is 1. The van der Waals surface area contributed by atoms with E-state index in [1.807, 2.05) is 43.8 Å². The maximum atomic E-state index is 10.4. The van der Waals surface area contributed by atoms with Crippen LogP contribution in [0.5, 0.6) is 0 Å². The first-order chi connectivity index (χ1) is 14.7. The Morgan fingerprint density at radius 3 is 2.65 bits per heavy atom. The van der Waals surface area contributed by atoms with Crippen molar-refractivity contribution in [2.45, 2.75) is 38.3 Å². The summed E-state index contributed by atoms with van der Waals surface area (Å²) in [7, 11) is 1.99. The summed E-state index contributed by atoms with van der Waals surface area (Å²) in [6.45, 7) is 5.28. The van der Waals surface area contributed by atoms with E-state index < -0.39 is 5.60 Å². The zero-order valence-corrected chi connectivity index (χ0v) is 17.9. The van der Waals surface area contributed by atoms with Crippen LogP contribution in [0.15, 0.2) is 18.3 Å². The molecular weight excluding hydrogens is 394 g/mol. The number of aryl methyl sites for hydroxylation is 1. The van der Waals surface area contributed by atoms with Gasteiger partial charge in [0.1, 0.15) is 17.5 Å². The van der Waals surface area contributed by atoms with Gasteiger partial charge < -0.3 is 31.4 Å². The number of anilines is 4. The molecule has 31 heavy (non-hydrogen) atoms. The Morgan fingerprint density at radius 1 is 1.26 bits per heavy atom. The molecule has 3 aromatic heterocycles. The molecule has 0 amide bonds. The first kappa shape index (κ1) is 20.7. The fourth-order valence-electron chi connectivity index (χ4n) is 3.98. The van der Waals surface area contributed by atoms with Gasteiger partial charge in [0.05, 0.1) is 34.1 Å². The highest BCUT2D eigenvalue weighted by Gasteiger charge is 2.30. The maximum absolute atomic E-state index is 10.4. The third-order valence-electron chi connectivity index (χ3n) is 5.89. The van der Waals surface area contributed by atoms with Crippen molar-refractivity contribution in [3.05, 3.63) is 29.6 Å². The Balaban J connectivity index is 1.75. The van der Waals surface area contributed by atoms with Crippen LogP contribution in [-0.4, -0.2) is 43.3 Å². The molecule has 0 aromatic carbocycles. The Kier molecular flexibility index (Phi) is 5.07. The fourth-order valence-corrected chi connectivity index (χ4v) is 3.98. The predicted molar refractivity (Wildman–Crippen MR) is 120 cm³/mol. The molecule has 1 aliphatic rings. The van der Waals surface area contributed by atoms with Crippen molar-refractivity contribution in [3.63, 3.8) is 0 Å². The molecule has 0 spiro atoms. The van der Waals surface area contributed by atoms with Crippen molar-refractivity contribution in [2.75, 3.05) is 34.8 Å². The van der Waals surface area contributed by atoms with E-state index in [1.54, 1.807) is 0 Å². The van der Waals surface area contributed by atoms with Crippen LogP contribution in [-0.2, 0) is 7.05 Å². The van der Waals surface area contributed by atoms with E-state index in [1.165, 1.54) is 0 Å². The van der Waals surface area contributed by atoms with Crippen molar-refractivity contribution < 1.29 is 5.11 Å². The Morgan fingerprint density at radius 2 is 1.97 bits per heavy atom. The number of nitrogens with two attached hydrogens (primary N) is 2. The summed E-state index contributed by atoms with van der Waals surface area (Å²) in [6.07, 6.45) is 3.33. The van der Waals surface area contributed by atoms with Crippen LogP contribution in [0.4, 0.5) is 23.3 Å². The van der Waals surface area contributed by atoms with Gasteiger partial charge in [-0.1, -0.05) is 0 Å². The fraction of sp³-hybridized carbons (Fsp3) is 0.429. The molecule has 0 aliphatic carbocycles. The summed E-state index contributed by atoms with van der Waals surface area (Å²) in [4.78, 5) is 15.2. The minimum atomic E-state index is -0.652. The number of nitrogen functional groups attached to an aromatic ring is 2. The van der Waals surface area contributed by atoms with E-state index in [-0.39, 0.29) is 29.2 Å². The van der Waals surface area contributed by atoms with Gasteiger partial charge in [-0.15, -0.1) is 0 Å². The standard InChI is InChI=1S/C21H27N9O/c1-12(25-19-13(11-22)18(23)27-20(24)28-19)17-16(30-8-5-21(2,31)6-9-30)10-15-14(26-17)4-7-29(15)3/h4,7,10,12,31H,5-6,8-9H2,1-3H3,(H5,23,24,25,27,28)/t12-/m1/s1. The summed E-state index contributed by atoms with van der Waals surface area (Å²) in [5.74, 6) is 0.313. The van der Waals surface area contributed by atoms with Gasteiger partial charge in [0.2, 0.25) is 5.95 Å². The van der Waals surface area contributed by atoms with E-state index in [9.17, 15) is 10.4 Å². The molecule has 0 saturated carbocycles. The Labute approximate surface area is 180 Å². The van der Waals surface area contributed by atoms with Crippen LogP contribution in [0, 0.1) is 11.3 Å². The van der Waals surface area contributed by atoms with Crippen molar-refractivity contribution in [1.29, 1.82) is 5.26 Å². The first-order valence-corrected chi connectivity index (χ1v) is 10.2. The maximum Gasteiger partial charge on any atom is 0.224 e. The SMILES string of the molecule is C[C@@H](Nc1nc(N)nc(N)c1C#N)c1nc2ccn(C)c2cc1N1CCC(C)(O)CC1. The Bertz CT molecular complexity index is 1170. The predicted octanol–water partition coefficient (Wildman–Crippen LogP) is 1.92. The van der Waals surface area contributed by atoms with Gasteiger partial charge >= 0.3 is 0 Å². The zero-order chi connectivity index (χ0) is 22.3. The van der Waals surface area contributed by atoms with Crippen molar-refractivity contribution in [1.82, 2.24) is 19.5 Å². The largest absolute Gasteiger partial charge is 0.390 e. The average Bonchev–Trinajstić information content (AvgIpc) is 3.07. The third kappa shape index (κ3) is 3.92. The summed E-state index contributed by atoms with van der Waals surface area (Å²) >= 11 is 0. The van der Waals surface area contributed by atoms with Crippen LogP contribution < -0.4 is 21.7 Å². The van der Waals surface area contributed by atoms with E-state index in [0.29, 0.717) is 12.8 Å². The van der Waals surface area contributed by atoms with E-state index >= 15 is 0 Å². The number of hydrogen-bond donors (Lipinski definition) is 4. The number of piperidine rings is 1. The quantitative estimate of drug-likeness (QED) is 0.494. The number of nitrogens with one attached hydrogen (secondary N) is 1. The molecule has 3 aromatic rings. The molecule has 0 unspecified atom stereocenters. The molecule has 0 radical (unpaired) electrons. The minimum Gasteiger partial charge on any atom is -0.390 e. The molecule has 4 heterocycles. The average molecular weight is 422 g/mol. The smallest absolute Gasteiger partial charge is 0.224 e. The molecule has 10 heteroatoms. The molecule has 4 rings (SSSR count). The number of rotatable bonds is 4. The molecule has 6 N–H and O–H groups in total. The molecule has 1 fully saturated rings. The number of nitrogens with zero attached hydrogens (tertiary/aromatic N) is 6. The summed E-state index contributed by atoms with van der Waals surface area (Å²) in [5, 5.41) is 23.1. The van der Waals surface area contributed by atoms with Crippen molar-refractivity contribution in [2.24, 2.45) is 7.05 Å². The molecular formula is C21H27N9O. The summed E-state index contributed by atoms with van der Waals surface area (Å²) in [6, 6.07) is 5.85. The third-order valence-corrected chi connectivity index (χ3v) is 5.89. The van der Waals surface area contributed by atoms with E-state index in [4.69, 9.17) is 16.5 Å². The monoisotopic (exact) mass is 421 g/mol. The normalized spacial score (nSPS) is 16.8. The second-order valence-electron chi connectivity index (χ2n) is 8.38. The van der Waals surface area contributed by atoms with Crippen molar-refractivity contribution >= 4 is 34.3 Å². The van der Waals surface area contributed by atoms with Crippen LogP contribution in [0.2, 0.25) is 0 Å². The van der Waals surface area contributed by atoms with Crippen LogP contribution in [0.3, 0.4) is 0 Å². The summed E-state index contributed by atoms with van der Waals surface area (Å²) < 4.78 is 2.04.